The van der Waals surface area contributed by atoms with Crippen LogP contribution in [0.15, 0.2) is 24.4 Å². The molecule has 2 N–H and O–H groups in total. The molecule has 1 aliphatic heterocycles. The Morgan fingerprint density at radius 1 is 1.39 bits per heavy atom. The Morgan fingerprint density at radius 3 is 3.09 bits per heavy atom. The molecule has 23 heavy (non-hydrogen) atoms. The van der Waals surface area contributed by atoms with Crippen molar-refractivity contribution < 1.29 is 9.47 Å². The number of nitrogens with zero attached hydrogens (tertiary/aromatic N) is 3. The molecule has 0 aliphatic carbocycles. The molecule has 1 aliphatic rings. The van der Waals surface area contributed by atoms with Crippen molar-refractivity contribution in [2.45, 2.75) is 25.9 Å². The van der Waals surface area contributed by atoms with Crippen molar-refractivity contribution in [1.82, 2.24) is 15.2 Å². The monoisotopic (exact) mass is 315 g/mol. The van der Waals surface area contributed by atoms with E-state index in [1.54, 1.807) is 13.3 Å². The molecule has 2 heterocycles. The summed E-state index contributed by atoms with van der Waals surface area (Å²) in [5.74, 6) is 1.83. The summed E-state index contributed by atoms with van der Waals surface area (Å²) < 4.78 is 10.9. The standard InChI is InChI=1S/C16H21N5O2/c1-11-5-6-14(22-2)13(8-11)19-16-20-15(10-18-21-16)17-9-12-4-3-7-23-12/h5-6,8,10,12H,3-4,7,9H2,1-2H3,(H2,17,19,20,21). The molecule has 7 heteroatoms. The van der Waals surface area contributed by atoms with Gasteiger partial charge in [0.25, 0.3) is 0 Å². The molecule has 1 aromatic heterocycles. The van der Waals surface area contributed by atoms with Crippen LogP contribution in [0.1, 0.15) is 18.4 Å². The third-order valence-electron chi connectivity index (χ3n) is 3.70. The summed E-state index contributed by atoms with van der Waals surface area (Å²) in [5.41, 5.74) is 1.93. The third kappa shape index (κ3) is 4.07. The van der Waals surface area contributed by atoms with E-state index >= 15 is 0 Å². The Labute approximate surface area is 135 Å². The number of methoxy groups -OCH3 is 1. The van der Waals surface area contributed by atoms with Crippen molar-refractivity contribution >= 4 is 17.5 Å². The van der Waals surface area contributed by atoms with E-state index < -0.39 is 0 Å². The average Bonchev–Trinajstić information content (AvgIpc) is 3.07. The first kappa shape index (κ1) is 15.5. The summed E-state index contributed by atoms with van der Waals surface area (Å²) in [6.45, 7) is 3.59. The van der Waals surface area contributed by atoms with E-state index in [4.69, 9.17) is 9.47 Å². The lowest BCUT2D eigenvalue weighted by Crippen LogP contribution is -2.19. The van der Waals surface area contributed by atoms with Crippen molar-refractivity contribution in [2.75, 3.05) is 30.9 Å². The van der Waals surface area contributed by atoms with Crippen LogP contribution in [0.25, 0.3) is 0 Å². The van der Waals surface area contributed by atoms with Crippen molar-refractivity contribution in [3.63, 3.8) is 0 Å². The van der Waals surface area contributed by atoms with Crippen LogP contribution in [0.5, 0.6) is 5.75 Å². The molecule has 0 bridgehead atoms. The van der Waals surface area contributed by atoms with Gasteiger partial charge in [-0.1, -0.05) is 6.07 Å². The third-order valence-corrected chi connectivity index (χ3v) is 3.70. The quantitative estimate of drug-likeness (QED) is 0.847. The maximum atomic E-state index is 5.59. The lowest BCUT2D eigenvalue weighted by atomic mass is 10.2. The van der Waals surface area contributed by atoms with Gasteiger partial charge in [-0.15, -0.1) is 5.10 Å². The SMILES string of the molecule is COc1ccc(C)cc1Nc1nncc(NCC2CCCO2)n1. The van der Waals surface area contributed by atoms with Crippen LogP contribution in [-0.2, 0) is 4.74 Å². The number of aromatic nitrogens is 3. The molecule has 0 spiro atoms. The zero-order valence-corrected chi connectivity index (χ0v) is 13.4. The molecule has 1 fully saturated rings. The maximum Gasteiger partial charge on any atom is 0.249 e. The highest BCUT2D eigenvalue weighted by Crippen LogP contribution is 2.27. The first-order valence-electron chi connectivity index (χ1n) is 7.71. The number of benzene rings is 1. The number of hydrogen-bond donors (Lipinski definition) is 2. The fraction of sp³-hybridized carbons (Fsp3) is 0.438. The van der Waals surface area contributed by atoms with Crippen molar-refractivity contribution in [3.05, 3.63) is 30.0 Å². The molecule has 3 rings (SSSR count). The summed E-state index contributed by atoms with van der Waals surface area (Å²) in [6.07, 6.45) is 4.05. The van der Waals surface area contributed by atoms with E-state index in [0.29, 0.717) is 11.8 Å². The van der Waals surface area contributed by atoms with Gasteiger partial charge in [0.05, 0.1) is 25.1 Å². The highest BCUT2D eigenvalue weighted by Gasteiger charge is 2.15. The highest BCUT2D eigenvalue weighted by molar-refractivity contribution is 5.63. The van der Waals surface area contributed by atoms with Crippen LogP contribution >= 0.6 is 0 Å². The van der Waals surface area contributed by atoms with E-state index in [1.165, 1.54) is 0 Å². The molecule has 1 aromatic carbocycles. The van der Waals surface area contributed by atoms with Crippen LogP contribution in [0.4, 0.5) is 17.5 Å². The first-order valence-corrected chi connectivity index (χ1v) is 7.71. The Kier molecular flexibility index (Phi) is 4.87. The van der Waals surface area contributed by atoms with E-state index in [0.717, 1.165) is 43.0 Å². The Balaban J connectivity index is 1.68. The lowest BCUT2D eigenvalue weighted by molar-refractivity contribution is 0.120. The second-order valence-corrected chi connectivity index (χ2v) is 5.51. The van der Waals surface area contributed by atoms with Gasteiger partial charge >= 0.3 is 0 Å². The topological polar surface area (TPSA) is 81.2 Å². The number of anilines is 3. The van der Waals surface area contributed by atoms with Crippen molar-refractivity contribution in [2.24, 2.45) is 0 Å². The van der Waals surface area contributed by atoms with Gasteiger partial charge in [-0.2, -0.15) is 10.1 Å². The smallest absolute Gasteiger partial charge is 0.249 e. The summed E-state index contributed by atoms with van der Waals surface area (Å²) >= 11 is 0. The number of hydrogen-bond acceptors (Lipinski definition) is 7. The van der Waals surface area contributed by atoms with Gasteiger partial charge in [0.2, 0.25) is 5.95 Å². The molecule has 1 saturated heterocycles. The highest BCUT2D eigenvalue weighted by atomic mass is 16.5. The van der Waals surface area contributed by atoms with Crippen LogP contribution in [-0.4, -0.2) is 41.5 Å². The van der Waals surface area contributed by atoms with E-state index in [2.05, 4.69) is 25.8 Å². The molecule has 122 valence electrons. The minimum atomic E-state index is 0.248. The summed E-state index contributed by atoms with van der Waals surface area (Å²) in [7, 11) is 1.63. The van der Waals surface area contributed by atoms with Crippen molar-refractivity contribution in [3.8, 4) is 5.75 Å². The van der Waals surface area contributed by atoms with Gasteiger partial charge in [-0.05, 0) is 37.5 Å². The van der Waals surface area contributed by atoms with E-state index in [1.807, 2.05) is 25.1 Å². The Morgan fingerprint density at radius 2 is 2.30 bits per heavy atom. The van der Waals surface area contributed by atoms with Gasteiger partial charge in [0.15, 0.2) is 5.82 Å². The predicted molar refractivity (Wildman–Crippen MR) is 88.3 cm³/mol. The average molecular weight is 315 g/mol. The molecule has 7 nitrogen and oxygen atoms in total. The molecular formula is C16H21N5O2. The normalized spacial score (nSPS) is 17.0. The molecule has 0 saturated carbocycles. The zero-order chi connectivity index (χ0) is 16.1. The minimum absolute atomic E-state index is 0.248. The second-order valence-electron chi connectivity index (χ2n) is 5.51. The lowest BCUT2D eigenvalue weighted by Gasteiger charge is -2.13. The zero-order valence-electron chi connectivity index (χ0n) is 13.4. The largest absolute Gasteiger partial charge is 0.495 e. The fourth-order valence-corrected chi connectivity index (χ4v) is 2.51. The number of nitrogens with one attached hydrogen (secondary N) is 2. The number of aryl methyl sites for hydroxylation is 1. The van der Waals surface area contributed by atoms with E-state index in [9.17, 15) is 0 Å². The molecular weight excluding hydrogens is 294 g/mol. The van der Waals surface area contributed by atoms with Gasteiger partial charge in [0.1, 0.15) is 5.75 Å². The second kappa shape index (κ2) is 7.23. The van der Waals surface area contributed by atoms with Gasteiger partial charge in [-0.25, -0.2) is 0 Å². The first-order chi connectivity index (χ1) is 11.2. The van der Waals surface area contributed by atoms with Crippen LogP contribution in [0, 0.1) is 6.92 Å². The Bertz CT molecular complexity index is 659. The maximum absolute atomic E-state index is 5.59. The summed E-state index contributed by atoms with van der Waals surface area (Å²) in [6, 6.07) is 5.88. The van der Waals surface area contributed by atoms with Crippen LogP contribution in [0.3, 0.4) is 0 Å². The number of ether oxygens (including phenoxy) is 2. The van der Waals surface area contributed by atoms with Gasteiger partial charge in [-0.3, -0.25) is 0 Å². The molecule has 1 unspecified atom stereocenters. The fourth-order valence-electron chi connectivity index (χ4n) is 2.51. The minimum Gasteiger partial charge on any atom is -0.495 e. The summed E-state index contributed by atoms with van der Waals surface area (Å²) in [4.78, 5) is 4.43. The van der Waals surface area contributed by atoms with Crippen LogP contribution < -0.4 is 15.4 Å². The predicted octanol–water partition coefficient (Wildman–Crippen LogP) is 2.52. The molecule has 0 amide bonds. The molecule has 1 atom stereocenters. The van der Waals surface area contributed by atoms with Gasteiger partial charge < -0.3 is 20.1 Å². The Hall–Kier alpha value is -2.41. The molecule has 0 radical (unpaired) electrons. The van der Waals surface area contributed by atoms with E-state index in [-0.39, 0.29) is 6.10 Å². The number of rotatable bonds is 6. The summed E-state index contributed by atoms with van der Waals surface area (Å²) in [5, 5.41) is 14.4. The van der Waals surface area contributed by atoms with Gasteiger partial charge in [0, 0.05) is 13.2 Å². The van der Waals surface area contributed by atoms with Crippen molar-refractivity contribution in [1.29, 1.82) is 0 Å². The molecule has 2 aromatic rings. The van der Waals surface area contributed by atoms with Crippen LogP contribution in [0.2, 0.25) is 0 Å².